The summed E-state index contributed by atoms with van der Waals surface area (Å²) < 4.78 is 38.0. The largest absolute Gasteiger partial charge is 0.416 e. The zero-order chi connectivity index (χ0) is 22.8. The summed E-state index contributed by atoms with van der Waals surface area (Å²) in [5.74, 6) is -0.395. The van der Waals surface area contributed by atoms with Crippen molar-refractivity contribution in [1.29, 1.82) is 0 Å². The second-order valence-electron chi connectivity index (χ2n) is 7.66. The van der Waals surface area contributed by atoms with Gasteiger partial charge in [0, 0.05) is 27.7 Å². The molecule has 0 saturated carbocycles. The van der Waals surface area contributed by atoms with Gasteiger partial charge in [-0.15, -0.1) is 0 Å². The van der Waals surface area contributed by atoms with Gasteiger partial charge in [-0.1, -0.05) is 48.8 Å². The Morgan fingerprint density at radius 1 is 1.19 bits per heavy atom. The predicted octanol–water partition coefficient (Wildman–Crippen LogP) is 6.17. The van der Waals surface area contributed by atoms with Crippen LogP contribution in [0.2, 0.25) is 5.02 Å². The fraction of sp³-hybridized carbons (Fsp3) is 0.273. The molecular formula is C22H20Cl2F3N3O. The second kappa shape index (κ2) is 8.93. The van der Waals surface area contributed by atoms with Crippen LogP contribution in [0.4, 0.5) is 18.9 Å². The molecule has 1 heterocycles. The molecule has 9 heteroatoms. The molecule has 164 valence electrons. The van der Waals surface area contributed by atoms with Crippen molar-refractivity contribution >= 4 is 40.5 Å². The number of rotatable bonds is 6. The standard InChI is InChI=1S/C22H20Cl2F3N3O/c1-14(23)11-21(2)13-30(29-20(21)15-3-7-17(24)8-4-15)12-19(31)28-18-9-5-16(6-10-18)22(25,26)27/h3-10H,1,11-13H2,2H3,(H,28,31). The molecule has 0 aromatic heterocycles. The number of amides is 1. The summed E-state index contributed by atoms with van der Waals surface area (Å²) in [6, 6.07) is 11.5. The first-order valence-corrected chi connectivity index (χ1v) is 10.1. The summed E-state index contributed by atoms with van der Waals surface area (Å²) in [7, 11) is 0. The third kappa shape index (κ3) is 5.80. The molecule has 0 saturated heterocycles. The Morgan fingerprint density at radius 3 is 2.35 bits per heavy atom. The molecule has 0 aliphatic carbocycles. The Kier molecular flexibility index (Phi) is 6.67. The lowest BCUT2D eigenvalue weighted by Gasteiger charge is -2.26. The van der Waals surface area contributed by atoms with E-state index in [0.717, 1.165) is 23.4 Å². The van der Waals surface area contributed by atoms with Gasteiger partial charge in [0.15, 0.2) is 0 Å². The summed E-state index contributed by atoms with van der Waals surface area (Å²) in [4.78, 5) is 12.5. The van der Waals surface area contributed by atoms with Crippen molar-refractivity contribution in [2.75, 3.05) is 18.4 Å². The van der Waals surface area contributed by atoms with Gasteiger partial charge in [-0.05, 0) is 48.4 Å². The number of hydrogen-bond donors (Lipinski definition) is 1. The number of benzene rings is 2. The molecule has 0 fully saturated rings. The average Bonchev–Trinajstić information content (AvgIpc) is 2.96. The number of hydrazone groups is 1. The van der Waals surface area contributed by atoms with Crippen molar-refractivity contribution in [2.45, 2.75) is 19.5 Å². The fourth-order valence-corrected chi connectivity index (χ4v) is 3.97. The lowest BCUT2D eigenvalue weighted by atomic mass is 9.79. The SMILES string of the molecule is C=C(Cl)CC1(C)CN(CC(=O)Nc2ccc(C(F)(F)F)cc2)N=C1c1ccc(Cl)cc1. The van der Waals surface area contributed by atoms with Crippen molar-refractivity contribution in [1.82, 2.24) is 5.01 Å². The smallest absolute Gasteiger partial charge is 0.324 e. The summed E-state index contributed by atoms with van der Waals surface area (Å²) in [6.07, 6.45) is -3.96. The van der Waals surface area contributed by atoms with Gasteiger partial charge in [-0.3, -0.25) is 9.80 Å². The van der Waals surface area contributed by atoms with E-state index in [1.54, 1.807) is 17.1 Å². The number of alkyl halides is 3. The molecule has 1 N–H and O–H groups in total. The van der Waals surface area contributed by atoms with Gasteiger partial charge in [-0.25, -0.2) is 0 Å². The zero-order valence-corrected chi connectivity index (χ0v) is 18.2. The maximum Gasteiger partial charge on any atom is 0.416 e. The molecule has 1 unspecified atom stereocenters. The molecule has 2 aromatic carbocycles. The van der Waals surface area contributed by atoms with Crippen LogP contribution in [0, 0.1) is 5.41 Å². The van der Waals surface area contributed by atoms with Gasteiger partial charge in [0.1, 0.15) is 6.54 Å². The van der Waals surface area contributed by atoms with E-state index in [1.807, 2.05) is 19.1 Å². The van der Waals surface area contributed by atoms with Crippen LogP contribution in [-0.2, 0) is 11.0 Å². The number of nitrogens with one attached hydrogen (secondary N) is 1. The van der Waals surface area contributed by atoms with E-state index in [0.29, 0.717) is 23.0 Å². The van der Waals surface area contributed by atoms with Crippen molar-refractivity contribution in [3.63, 3.8) is 0 Å². The highest BCUT2D eigenvalue weighted by molar-refractivity contribution is 6.30. The van der Waals surface area contributed by atoms with Crippen LogP contribution in [0.15, 0.2) is 65.2 Å². The van der Waals surface area contributed by atoms with E-state index in [1.165, 1.54) is 12.1 Å². The lowest BCUT2D eigenvalue weighted by Crippen LogP contribution is -2.34. The molecule has 0 bridgehead atoms. The van der Waals surface area contributed by atoms with Crippen LogP contribution in [-0.4, -0.2) is 29.7 Å². The summed E-state index contributed by atoms with van der Waals surface area (Å²) in [5, 5.41) is 9.90. The Morgan fingerprint density at radius 2 is 1.81 bits per heavy atom. The Bertz CT molecular complexity index is 1000. The van der Waals surface area contributed by atoms with Gasteiger partial charge < -0.3 is 5.32 Å². The van der Waals surface area contributed by atoms with Crippen molar-refractivity contribution in [3.8, 4) is 0 Å². The Labute approximate surface area is 188 Å². The van der Waals surface area contributed by atoms with Gasteiger partial charge in [0.05, 0.1) is 11.3 Å². The highest BCUT2D eigenvalue weighted by Gasteiger charge is 2.40. The van der Waals surface area contributed by atoms with E-state index in [-0.39, 0.29) is 12.2 Å². The number of nitrogens with zero attached hydrogens (tertiary/aromatic N) is 2. The Balaban J connectivity index is 1.74. The molecule has 1 aliphatic heterocycles. The molecule has 1 amide bonds. The molecule has 2 aromatic rings. The molecule has 31 heavy (non-hydrogen) atoms. The predicted molar refractivity (Wildman–Crippen MR) is 117 cm³/mol. The number of allylic oxidation sites excluding steroid dienone is 1. The van der Waals surface area contributed by atoms with E-state index in [2.05, 4.69) is 17.0 Å². The normalized spacial score (nSPS) is 18.6. The zero-order valence-electron chi connectivity index (χ0n) is 16.6. The first kappa shape index (κ1) is 23.2. The van der Waals surface area contributed by atoms with Crippen LogP contribution in [0.1, 0.15) is 24.5 Å². The van der Waals surface area contributed by atoms with E-state index >= 15 is 0 Å². The summed E-state index contributed by atoms with van der Waals surface area (Å²) in [6.45, 7) is 6.13. The first-order chi connectivity index (χ1) is 14.5. The van der Waals surface area contributed by atoms with Crippen LogP contribution < -0.4 is 5.32 Å². The molecule has 3 rings (SSSR count). The maximum absolute atomic E-state index is 12.7. The van der Waals surface area contributed by atoms with Gasteiger partial charge in [0.25, 0.3) is 0 Å². The molecular weight excluding hydrogens is 450 g/mol. The number of hydrogen-bond acceptors (Lipinski definition) is 3. The van der Waals surface area contributed by atoms with Crippen LogP contribution in [0.5, 0.6) is 0 Å². The highest BCUT2D eigenvalue weighted by atomic mass is 35.5. The number of carbonyl (C=O) groups excluding carboxylic acids is 1. The molecule has 1 aliphatic rings. The quantitative estimate of drug-likeness (QED) is 0.549. The van der Waals surface area contributed by atoms with Gasteiger partial charge in [-0.2, -0.15) is 18.3 Å². The molecule has 0 radical (unpaired) electrons. The third-order valence-electron chi connectivity index (χ3n) is 4.87. The molecule has 0 spiro atoms. The third-order valence-corrected chi connectivity index (χ3v) is 5.25. The van der Waals surface area contributed by atoms with Gasteiger partial charge in [0.2, 0.25) is 5.91 Å². The minimum Gasteiger partial charge on any atom is -0.324 e. The lowest BCUT2D eigenvalue weighted by molar-refractivity contribution is -0.137. The minimum atomic E-state index is -4.43. The van der Waals surface area contributed by atoms with Crippen molar-refractivity contribution in [2.24, 2.45) is 10.5 Å². The first-order valence-electron chi connectivity index (χ1n) is 9.37. The minimum absolute atomic E-state index is 0.0670. The highest BCUT2D eigenvalue weighted by Crippen LogP contribution is 2.37. The topological polar surface area (TPSA) is 44.7 Å². The van der Waals surface area contributed by atoms with Crippen LogP contribution in [0.25, 0.3) is 0 Å². The second-order valence-corrected chi connectivity index (χ2v) is 8.63. The molecule has 4 nitrogen and oxygen atoms in total. The summed E-state index contributed by atoms with van der Waals surface area (Å²) in [5.41, 5.74) is 0.639. The van der Waals surface area contributed by atoms with Crippen LogP contribution in [0.3, 0.4) is 0 Å². The van der Waals surface area contributed by atoms with E-state index < -0.39 is 23.1 Å². The van der Waals surface area contributed by atoms with E-state index in [9.17, 15) is 18.0 Å². The Hall–Kier alpha value is -2.51. The average molecular weight is 470 g/mol. The maximum atomic E-state index is 12.7. The summed E-state index contributed by atoms with van der Waals surface area (Å²) >= 11 is 12.1. The fourth-order valence-electron chi connectivity index (χ4n) is 3.55. The number of halogens is 5. The van der Waals surface area contributed by atoms with Crippen LogP contribution >= 0.6 is 23.2 Å². The van der Waals surface area contributed by atoms with Gasteiger partial charge >= 0.3 is 6.18 Å². The van der Waals surface area contributed by atoms with E-state index in [4.69, 9.17) is 23.2 Å². The number of anilines is 1. The molecule has 1 atom stereocenters. The van der Waals surface area contributed by atoms with Crippen molar-refractivity contribution < 1.29 is 18.0 Å². The number of carbonyl (C=O) groups is 1. The van der Waals surface area contributed by atoms with Crippen molar-refractivity contribution in [3.05, 3.63) is 76.3 Å². The monoisotopic (exact) mass is 469 g/mol.